The Balaban J connectivity index is 1.78. The number of alkyl halides is 3. The number of aromatic nitrogens is 1. The molecule has 7 nitrogen and oxygen atoms in total. The number of sulfone groups is 1. The zero-order valence-electron chi connectivity index (χ0n) is 20.1. The number of anilines is 1. The fraction of sp³-hybridized carbons (Fsp3) is 0.308. The molecule has 2 unspecified atom stereocenters. The summed E-state index contributed by atoms with van der Waals surface area (Å²) in [6.45, 7) is 7.10. The number of esters is 1. The first-order chi connectivity index (χ1) is 17.4. The fourth-order valence-electron chi connectivity index (χ4n) is 4.49. The lowest BCUT2D eigenvalue weighted by Crippen LogP contribution is -2.26. The van der Waals surface area contributed by atoms with Crippen LogP contribution in [-0.2, 0) is 36.8 Å². The minimum atomic E-state index is -4.58. The average molecular weight is 535 g/mol. The molecule has 1 aliphatic rings. The van der Waals surface area contributed by atoms with Gasteiger partial charge in [0, 0.05) is 36.5 Å². The zero-order chi connectivity index (χ0) is 27.1. The number of nitrogens with one attached hydrogen (secondary N) is 1. The molecule has 0 bridgehead atoms. The van der Waals surface area contributed by atoms with Gasteiger partial charge >= 0.3 is 12.1 Å². The van der Waals surface area contributed by atoms with E-state index in [9.17, 15) is 31.2 Å². The molecule has 0 saturated heterocycles. The van der Waals surface area contributed by atoms with Crippen LogP contribution < -0.4 is 4.90 Å². The van der Waals surface area contributed by atoms with Crippen molar-refractivity contribution in [3.63, 3.8) is 0 Å². The van der Waals surface area contributed by atoms with Crippen molar-refractivity contribution >= 4 is 38.3 Å². The van der Waals surface area contributed by atoms with Gasteiger partial charge in [-0.2, -0.15) is 13.2 Å². The molecule has 0 fully saturated rings. The van der Waals surface area contributed by atoms with Crippen molar-refractivity contribution in [1.29, 1.82) is 0 Å². The van der Waals surface area contributed by atoms with Gasteiger partial charge in [0.1, 0.15) is 5.25 Å². The molecule has 1 aromatic heterocycles. The molecule has 1 N–H and O–H groups in total. The molecule has 11 heteroatoms. The van der Waals surface area contributed by atoms with Gasteiger partial charge in [-0.05, 0) is 47.9 Å². The third-order valence-corrected chi connectivity index (χ3v) is 8.44. The van der Waals surface area contributed by atoms with Crippen LogP contribution >= 0.6 is 0 Å². The largest absolute Gasteiger partial charge is 0.439 e. The maximum absolute atomic E-state index is 13.9. The number of carbonyl (C=O) groups excluding carboxylic acids is 2. The van der Waals surface area contributed by atoms with E-state index in [2.05, 4.69) is 11.6 Å². The monoisotopic (exact) mass is 534 g/mol. The van der Waals surface area contributed by atoms with Crippen molar-refractivity contribution in [2.24, 2.45) is 0 Å². The number of nitrogens with zero attached hydrogens (tertiary/aromatic N) is 1. The second-order valence-corrected chi connectivity index (χ2v) is 10.9. The summed E-state index contributed by atoms with van der Waals surface area (Å²) in [6.07, 6.45) is -2.93. The van der Waals surface area contributed by atoms with Gasteiger partial charge in [-0.15, -0.1) is 6.58 Å². The molecular formula is C26H25F3N2O5S. The van der Waals surface area contributed by atoms with Crippen molar-refractivity contribution in [3.05, 3.63) is 77.5 Å². The number of fused-ring (bicyclic) bond motifs is 2. The van der Waals surface area contributed by atoms with Crippen molar-refractivity contribution < 1.29 is 35.9 Å². The van der Waals surface area contributed by atoms with Crippen LogP contribution in [0.2, 0.25) is 0 Å². The molecule has 1 aliphatic heterocycles. The molecule has 2 heterocycles. The number of H-pyrrole nitrogens is 1. The van der Waals surface area contributed by atoms with Gasteiger partial charge in [0.15, 0.2) is 0 Å². The topological polar surface area (TPSA) is 96.5 Å². The molecule has 2 atom stereocenters. The van der Waals surface area contributed by atoms with Gasteiger partial charge in [-0.25, -0.2) is 8.42 Å². The summed E-state index contributed by atoms with van der Waals surface area (Å²) in [7, 11) is -4.35. The number of ether oxygens (including phenoxy) is 1. The maximum Gasteiger partial charge on any atom is 0.416 e. The van der Waals surface area contributed by atoms with Crippen LogP contribution in [0.25, 0.3) is 10.9 Å². The van der Waals surface area contributed by atoms with Crippen molar-refractivity contribution in [2.75, 3.05) is 11.4 Å². The highest BCUT2D eigenvalue weighted by Crippen LogP contribution is 2.40. The van der Waals surface area contributed by atoms with E-state index in [1.54, 1.807) is 23.1 Å². The van der Waals surface area contributed by atoms with Gasteiger partial charge < -0.3 is 14.6 Å². The number of rotatable bonds is 7. The molecular weight excluding hydrogens is 509 g/mol. The Morgan fingerprint density at radius 1 is 1.19 bits per heavy atom. The third-order valence-electron chi connectivity index (χ3n) is 6.32. The molecule has 0 spiro atoms. The summed E-state index contributed by atoms with van der Waals surface area (Å²) < 4.78 is 72.6. The van der Waals surface area contributed by atoms with E-state index in [0.717, 1.165) is 17.7 Å². The van der Waals surface area contributed by atoms with Crippen LogP contribution in [0.15, 0.2) is 55.1 Å². The van der Waals surface area contributed by atoms with E-state index in [0.29, 0.717) is 24.2 Å². The van der Waals surface area contributed by atoms with Crippen LogP contribution in [0, 0.1) is 0 Å². The molecule has 3 aromatic rings. The average Bonchev–Trinajstić information content (AvgIpc) is 3.45. The van der Waals surface area contributed by atoms with E-state index in [1.807, 2.05) is 0 Å². The summed E-state index contributed by atoms with van der Waals surface area (Å²) in [6, 6.07) is 9.13. The quantitative estimate of drug-likeness (QED) is 0.324. The molecule has 2 aromatic carbocycles. The van der Waals surface area contributed by atoms with E-state index in [4.69, 9.17) is 4.74 Å². The molecule has 196 valence electrons. The van der Waals surface area contributed by atoms with Crippen LogP contribution in [0.3, 0.4) is 0 Å². The number of hydrogen-bond donors (Lipinski definition) is 1. The molecule has 0 saturated carbocycles. The van der Waals surface area contributed by atoms with E-state index < -0.39 is 38.2 Å². The van der Waals surface area contributed by atoms with Crippen LogP contribution in [0.4, 0.5) is 18.9 Å². The summed E-state index contributed by atoms with van der Waals surface area (Å²) in [4.78, 5) is 28.5. The Bertz CT molecular complexity index is 1490. The smallest absolute Gasteiger partial charge is 0.416 e. The number of amides is 1. The summed E-state index contributed by atoms with van der Waals surface area (Å²) in [5.41, 5.74) is -0.667. The van der Waals surface area contributed by atoms with Gasteiger partial charge in [0.05, 0.1) is 11.3 Å². The highest BCUT2D eigenvalue weighted by atomic mass is 32.2. The first kappa shape index (κ1) is 26.5. The van der Waals surface area contributed by atoms with Crippen molar-refractivity contribution in [1.82, 2.24) is 4.98 Å². The van der Waals surface area contributed by atoms with E-state index in [1.165, 1.54) is 32.1 Å². The lowest BCUT2D eigenvalue weighted by atomic mass is 10.1. The lowest BCUT2D eigenvalue weighted by molar-refractivity contribution is -0.145. The molecule has 1 amide bonds. The standard InChI is InChI=1S/C26H25F3N2O5S/c1-4-23(17-6-9-22-16(12-17)10-11-31(22)15(3)32)37(34,35)25(36-24(33)5-2)21-14-18-13-19(26(27,28)29)7-8-20(18)30-21/h4,6-9,12-14,23,25,30H,1,5,10-11H2,2-3H3. The van der Waals surface area contributed by atoms with Crippen LogP contribution in [0.1, 0.15) is 53.3 Å². The molecule has 37 heavy (non-hydrogen) atoms. The Hall–Kier alpha value is -3.60. The second kappa shape index (κ2) is 9.70. The van der Waals surface area contributed by atoms with Crippen LogP contribution in [-0.4, -0.2) is 31.8 Å². The summed E-state index contributed by atoms with van der Waals surface area (Å²) in [5, 5.41) is -1.18. The molecule has 0 radical (unpaired) electrons. The first-order valence-corrected chi connectivity index (χ1v) is 13.1. The van der Waals surface area contributed by atoms with Crippen molar-refractivity contribution in [3.8, 4) is 0 Å². The second-order valence-electron chi connectivity index (χ2n) is 8.75. The van der Waals surface area contributed by atoms with E-state index in [-0.39, 0.29) is 28.9 Å². The Kier molecular flexibility index (Phi) is 6.93. The number of hydrogen-bond acceptors (Lipinski definition) is 5. The van der Waals surface area contributed by atoms with Gasteiger partial charge in [0.25, 0.3) is 0 Å². The highest BCUT2D eigenvalue weighted by Gasteiger charge is 2.39. The van der Waals surface area contributed by atoms with E-state index >= 15 is 0 Å². The Morgan fingerprint density at radius 3 is 2.54 bits per heavy atom. The lowest BCUT2D eigenvalue weighted by Gasteiger charge is -2.23. The predicted molar refractivity (Wildman–Crippen MR) is 132 cm³/mol. The Morgan fingerprint density at radius 2 is 1.92 bits per heavy atom. The summed E-state index contributed by atoms with van der Waals surface area (Å²) in [5.74, 6) is -0.921. The third kappa shape index (κ3) is 5.00. The maximum atomic E-state index is 13.9. The molecule has 0 aliphatic carbocycles. The first-order valence-electron chi connectivity index (χ1n) is 11.5. The van der Waals surface area contributed by atoms with Gasteiger partial charge in [-0.3, -0.25) is 9.59 Å². The van der Waals surface area contributed by atoms with Gasteiger partial charge in [0.2, 0.25) is 21.2 Å². The minimum Gasteiger partial charge on any atom is -0.439 e. The van der Waals surface area contributed by atoms with Crippen LogP contribution in [0.5, 0.6) is 0 Å². The zero-order valence-corrected chi connectivity index (χ0v) is 20.9. The fourth-order valence-corrected chi connectivity index (χ4v) is 6.27. The molecule has 4 rings (SSSR count). The van der Waals surface area contributed by atoms with Crippen molar-refractivity contribution in [2.45, 2.75) is 43.6 Å². The predicted octanol–water partition coefficient (Wildman–Crippen LogP) is 5.39. The number of aromatic amines is 1. The SMILES string of the molecule is C=CC(c1ccc2c(c1)CCN2C(C)=O)S(=O)(=O)C(OC(=O)CC)c1cc2cc(C(F)(F)F)ccc2[nH]1. The van der Waals surface area contributed by atoms with Gasteiger partial charge in [-0.1, -0.05) is 25.1 Å². The normalized spacial score (nSPS) is 15.3. The number of benzene rings is 2. The highest BCUT2D eigenvalue weighted by molar-refractivity contribution is 7.91. The number of halogens is 3. The minimum absolute atomic E-state index is 0.0770. The number of carbonyl (C=O) groups is 2. The Labute approximate surface area is 211 Å². The summed E-state index contributed by atoms with van der Waals surface area (Å²) >= 11 is 0.